The van der Waals surface area contributed by atoms with Gasteiger partial charge in [0.2, 0.25) is 11.8 Å². The van der Waals surface area contributed by atoms with Crippen LogP contribution in [-0.2, 0) is 56.6 Å². The summed E-state index contributed by atoms with van der Waals surface area (Å²) in [4.78, 5) is 31.0. The number of aromatic nitrogens is 3. The Labute approximate surface area is 302 Å². The molecule has 2 aromatic rings. The quantitative estimate of drug-likeness (QED) is 0.369. The van der Waals surface area contributed by atoms with Crippen molar-refractivity contribution in [3.8, 4) is 0 Å². The van der Waals surface area contributed by atoms with Crippen LogP contribution in [0.4, 0.5) is 10.9 Å². The first-order valence-electron chi connectivity index (χ1n) is 17.0. The lowest BCUT2D eigenvalue weighted by atomic mass is 9.92. The maximum atomic E-state index is 12.9. The Balaban J connectivity index is 0.000000270. The van der Waals surface area contributed by atoms with Crippen molar-refractivity contribution in [2.45, 2.75) is 133 Å². The van der Waals surface area contributed by atoms with Crippen molar-refractivity contribution in [1.29, 1.82) is 0 Å². The zero-order valence-corrected chi connectivity index (χ0v) is 34.2. The molecule has 0 bridgehead atoms. The molecule has 0 unspecified atom stereocenters. The maximum Gasteiger partial charge on any atom is 0.247 e. The second-order valence-corrected chi connectivity index (χ2v) is 22.7. The van der Waals surface area contributed by atoms with Crippen LogP contribution in [0.15, 0.2) is 6.07 Å². The fourth-order valence-corrected chi connectivity index (χ4v) is 10.6. The second kappa shape index (κ2) is 15.3. The number of thiazole rings is 1. The van der Waals surface area contributed by atoms with Crippen molar-refractivity contribution in [1.82, 2.24) is 14.8 Å². The molecule has 0 saturated carbocycles. The minimum atomic E-state index is -3.64. The summed E-state index contributed by atoms with van der Waals surface area (Å²) in [6.07, 6.45) is 1.73. The first-order chi connectivity index (χ1) is 22.7. The van der Waals surface area contributed by atoms with Gasteiger partial charge in [0.25, 0.3) is 0 Å². The third-order valence-corrected chi connectivity index (χ3v) is 16.7. The topological polar surface area (TPSA) is 176 Å². The fourth-order valence-electron chi connectivity index (χ4n) is 5.68. The highest BCUT2D eigenvalue weighted by Crippen LogP contribution is 2.35. The van der Waals surface area contributed by atoms with E-state index < -0.39 is 51.5 Å². The highest BCUT2D eigenvalue weighted by Gasteiger charge is 2.48. The molecular formula is C34H57N5O8S3. The van der Waals surface area contributed by atoms with Gasteiger partial charge in [-0.15, -0.1) is 11.3 Å². The molecule has 0 radical (unpaired) electrons. The maximum absolute atomic E-state index is 12.9. The normalized spacial score (nSPS) is 17.5. The van der Waals surface area contributed by atoms with Crippen molar-refractivity contribution in [2.24, 2.45) is 7.05 Å². The number of carbonyl (C=O) groups is 2. The number of nitrogens with zero attached hydrogens (tertiary/aromatic N) is 3. The molecule has 50 heavy (non-hydrogen) atoms. The van der Waals surface area contributed by atoms with Crippen molar-refractivity contribution < 1.29 is 35.9 Å². The Morgan fingerprint density at radius 2 is 1.18 bits per heavy atom. The minimum Gasteiger partial charge on any atom is -0.381 e. The van der Waals surface area contributed by atoms with Gasteiger partial charge < -0.3 is 20.1 Å². The number of rotatable bonds is 8. The van der Waals surface area contributed by atoms with Crippen LogP contribution in [0.3, 0.4) is 0 Å². The third kappa shape index (κ3) is 9.14. The summed E-state index contributed by atoms with van der Waals surface area (Å²) >= 11 is 1.40. The van der Waals surface area contributed by atoms with Crippen LogP contribution in [0, 0.1) is 6.92 Å². The highest BCUT2D eigenvalue weighted by atomic mass is 32.2. The smallest absolute Gasteiger partial charge is 0.247 e. The van der Waals surface area contributed by atoms with E-state index in [1.54, 1.807) is 17.8 Å². The number of amides is 2. The molecular weight excluding hydrogens is 703 g/mol. The molecule has 2 aliphatic rings. The molecule has 0 aromatic carbocycles. The monoisotopic (exact) mass is 759 g/mol. The Morgan fingerprint density at radius 3 is 1.54 bits per heavy atom. The van der Waals surface area contributed by atoms with Gasteiger partial charge in [-0.25, -0.2) is 21.8 Å². The van der Waals surface area contributed by atoms with Crippen molar-refractivity contribution >= 4 is 53.8 Å². The Morgan fingerprint density at radius 1 is 0.760 bits per heavy atom. The average Bonchev–Trinajstić information content (AvgIpc) is 3.59. The van der Waals surface area contributed by atoms with Gasteiger partial charge >= 0.3 is 0 Å². The van der Waals surface area contributed by atoms with Gasteiger partial charge in [0.15, 0.2) is 24.8 Å². The molecule has 2 aliphatic heterocycles. The molecule has 2 aromatic heterocycles. The van der Waals surface area contributed by atoms with E-state index in [4.69, 9.17) is 9.47 Å². The van der Waals surface area contributed by atoms with Crippen molar-refractivity contribution in [2.75, 3.05) is 37.1 Å². The molecule has 13 nitrogen and oxygen atoms in total. The van der Waals surface area contributed by atoms with E-state index in [1.165, 1.54) is 39.0 Å². The summed E-state index contributed by atoms with van der Waals surface area (Å²) in [5.74, 6) is -0.583. The summed E-state index contributed by atoms with van der Waals surface area (Å²) in [7, 11) is -5.54. The molecule has 4 rings (SSSR count). The molecule has 284 valence electrons. The van der Waals surface area contributed by atoms with Crippen molar-refractivity contribution in [3.63, 3.8) is 0 Å². The third-order valence-electron chi connectivity index (χ3n) is 9.32. The average molecular weight is 760 g/mol. The van der Waals surface area contributed by atoms with Gasteiger partial charge in [-0.2, -0.15) is 5.10 Å². The number of aryl methyl sites for hydroxylation is 2. The number of nitrogens with one attached hydrogen (secondary N) is 2. The number of hydrogen-bond donors (Lipinski definition) is 2. The van der Waals surface area contributed by atoms with E-state index >= 15 is 0 Å². The molecule has 2 N–H and O–H groups in total. The van der Waals surface area contributed by atoms with Crippen molar-refractivity contribution in [3.05, 3.63) is 22.3 Å². The van der Waals surface area contributed by atoms with Crippen LogP contribution >= 0.6 is 11.3 Å². The van der Waals surface area contributed by atoms with Crippen LogP contribution in [0.1, 0.15) is 111 Å². The Kier molecular flexibility index (Phi) is 12.9. The minimum absolute atomic E-state index is 0.0750. The molecule has 4 heterocycles. The summed E-state index contributed by atoms with van der Waals surface area (Å²) in [6, 6.07) is 1.79. The highest BCUT2D eigenvalue weighted by molar-refractivity contribution is 7.94. The fraction of sp³-hybridized carbons (Fsp3) is 0.765. The molecule has 0 atom stereocenters. The number of hydrogen-bond acceptors (Lipinski definition) is 11. The van der Waals surface area contributed by atoms with E-state index in [-0.39, 0.29) is 10.8 Å². The second-order valence-electron chi connectivity index (χ2n) is 16.1. The van der Waals surface area contributed by atoms with Gasteiger partial charge in [-0.3, -0.25) is 14.3 Å². The number of ether oxygens (including phenoxy) is 2. The lowest BCUT2D eigenvalue weighted by Gasteiger charge is -2.31. The van der Waals surface area contributed by atoms with E-state index in [0.717, 1.165) is 16.3 Å². The van der Waals surface area contributed by atoms with Crippen LogP contribution in [0.25, 0.3) is 0 Å². The van der Waals surface area contributed by atoms with Crippen LogP contribution in [0.2, 0.25) is 0 Å². The predicted molar refractivity (Wildman–Crippen MR) is 198 cm³/mol. The van der Waals surface area contributed by atoms with Crippen LogP contribution in [-0.4, -0.2) is 89.8 Å². The van der Waals surface area contributed by atoms with Gasteiger partial charge in [0.05, 0.1) is 21.9 Å². The first kappa shape index (κ1) is 42.0. The lowest BCUT2D eigenvalue weighted by molar-refractivity contribution is -0.118. The van der Waals surface area contributed by atoms with Crippen LogP contribution < -0.4 is 10.6 Å². The summed E-state index contributed by atoms with van der Waals surface area (Å²) < 4.78 is 60.8. The van der Waals surface area contributed by atoms with Crippen LogP contribution in [0.5, 0.6) is 0 Å². The molecule has 2 amide bonds. The van der Waals surface area contributed by atoms with Gasteiger partial charge in [-0.1, -0.05) is 41.5 Å². The summed E-state index contributed by atoms with van der Waals surface area (Å²) in [5.41, 5.74) is 1.45. The standard InChI is InChI=1S/C17H29N3O4S.C17H28N2O4S2/c1-16(2,3)13-11-14(20(6)19-13)18-15(21)17(4,5)25(22,23)12-7-9-24-10-8-12;1-11-13(16(2,3)4)24-15(18-11)19-14(20)17(5,6)25(21,22)12-7-9-23-10-8-12/h11-12H,7-10H2,1-6H3,(H,18,21);12H,7-10H2,1-6H3,(H,18,19,20). The van der Waals surface area contributed by atoms with E-state index in [2.05, 4.69) is 41.5 Å². The Hall–Kier alpha value is -2.40. The largest absolute Gasteiger partial charge is 0.381 e. The van der Waals surface area contributed by atoms with Gasteiger partial charge in [-0.05, 0) is 65.7 Å². The molecule has 0 spiro atoms. The number of anilines is 2. The molecule has 0 aliphatic carbocycles. The lowest BCUT2D eigenvalue weighted by Crippen LogP contribution is -2.50. The molecule has 16 heteroatoms. The van der Waals surface area contributed by atoms with Gasteiger partial charge in [0, 0.05) is 49.8 Å². The predicted octanol–water partition coefficient (Wildman–Crippen LogP) is 5.09. The van der Waals surface area contributed by atoms with E-state index in [0.29, 0.717) is 63.1 Å². The van der Waals surface area contributed by atoms with E-state index in [9.17, 15) is 26.4 Å². The SMILES string of the molecule is Cc1nc(NC(=O)C(C)(C)S(=O)(=O)C2CCOCC2)sc1C(C)(C)C.Cn1nc(C(C)(C)C)cc1NC(=O)C(C)(C)S(=O)(=O)C1CCOCC1. The number of sulfone groups is 2. The summed E-state index contributed by atoms with van der Waals surface area (Å²) in [6.45, 7) is 21.8. The van der Waals surface area contributed by atoms with Gasteiger partial charge in [0.1, 0.15) is 15.3 Å². The molecule has 2 saturated heterocycles. The van der Waals surface area contributed by atoms with E-state index in [1.807, 2.05) is 27.7 Å². The zero-order chi connectivity index (χ0) is 38.1. The first-order valence-corrected chi connectivity index (χ1v) is 20.9. The zero-order valence-electron chi connectivity index (χ0n) is 31.7. The Bertz CT molecular complexity index is 1730. The number of carbonyl (C=O) groups excluding carboxylic acids is 2. The molecule has 2 fully saturated rings. The summed E-state index contributed by atoms with van der Waals surface area (Å²) in [5, 5.41) is 9.23.